The number of hydrogen-bond donors (Lipinski definition) is 2. The minimum absolute atomic E-state index is 0.655. The van der Waals surface area contributed by atoms with Crippen molar-refractivity contribution >= 4 is 5.97 Å². The topological polar surface area (TPSA) is 64.9 Å². The SMILES string of the molecule is [NH3+]C1(C(=O)O)CCCCC1. The zero-order valence-corrected chi connectivity index (χ0v) is 6.10. The molecule has 0 aliphatic heterocycles. The lowest BCUT2D eigenvalue weighted by Gasteiger charge is -2.24. The average molecular weight is 144 g/mol. The van der Waals surface area contributed by atoms with Crippen LogP contribution in [-0.4, -0.2) is 16.6 Å². The van der Waals surface area contributed by atoms with Gasteiger partial charge in [0.25, 0.3) is 0 Å². The van der Waals surface area contributed by atoms with Crippen LogP contribution in [0.5, 0.6) is 0 Å². The highest BCUT2D eigenvalue weighted by molar-refractivity contribution is 5.76. The summed E-state index contributed by atoms with van der Waals surface area (Å²) in [5.41, 5.74) is 3.07. The number of aliphatic carboxylic acids is 1. The van der Waals surface area contributed by atoms with Crippen molar-refractivity contribution in [2.24, 2.45) is 0 Å². The Balaban J connectivity index is 2.56. The van der Waals surface area contributed by atoms with E-state index in [1.807, 2.05) is 0 Å². The highest BCUT2D eigenvalue weighted by atomic mass is 16.4. The monoisotopic (exact) mass is 144 g/mol. The van der Waals surface area contributed by atoms with Crippen molar-refractivity contribution < 1.29 is 15.6 Å². The molecule has 0 radical (unpaired) electrons. The third-order valence-corrected chi connectivity index (χ3v) is 2.26. The molecule has 1 aliphatic carbocycles. The highest BCUT2D eigenvalue weighted by Crippen LogP contribution is 2.23. The first kappa shape index (κ1) is 7.54. The zero-order valence-electron chi connectivity index (χ0n) is 6.10. The summed E-state index contributed by atoms with van der Waals surface area (Å²) in [7, 11) is 0. The van der Waals surface area contributed by atoms with Crippen molar-refractivity contribution in [3.8, 4) is 0 Å². The second-order valence-electron chi connectivity index (χ2n) is 3.15. The van der Waals surface area contributed by atoms with Crippen molar-refractivity contribution in [1.82, 2.24) is 0 Å². The maximum atomic E-state index is 10.6. The molecule has 0 unspecified atom stereocenters. The largest absolute Gasteiger partial charge is 0.477 e. The summed E-state index contributed by atoms with van der Waals surface area (Å²) in [6, 6.07) is 0. The lowest BCUT2D eigenvalue weighted by molar-refractivity contribution is -0.468. The van der Waals surface area contributed by atoms with E-state index in [9.17, 15) is 4.79 Å². The molecule has 1 rings (SSSR count). The van der Waals surface area contributed by atoms with Crippen LogP contribution in [0, 0.1) is 0 Å². The minimum Gasteiger partial charge on any atom is -0.477 e. The molecule has 0 spiro atoms. The molecule has 58 valence electrons. The molecule has 0 bridgehead atoms. The van der Waals surface area contributed by atoms with Gasteiger partial charge in [-0.1, -0.05) is 6.42 Å². The van der Waals surface area contributed by atoms with Crippen LogP contribution < -0.4 is 5.73 Å². The van der Waals surface area contributed by atoms with Crippen molar-refractivity contribution in [1.29, 1.82) is 0 Å². The van der Waals surface area contributed by atoms with E-state index in [0.29, 0.717) is 0 Å². The molecule has 0 amide bonds. The van der Waals surface area contributed by atoms with Crippen LogP contribution in [0.25, 0.3) is 0 Å². The molecule has 10 heavy (non-hydrogen) atoms. The zero-order chi connectivity index (χ0) is 7.61. The molecule has 3 nitrogen and oxygen atoms in total. The van der Waals surface area contributed by atoms with Gasteiger partial charge >= 0.3 is 5.97 Å². The fraction of sp³-hybridized carbons (Fsp3) is 0.857. The molecule has 4 N–H and O–H groups in total. The fourth-order valence-electron chi connectivity index (χ4n) is 1.44. The van der Waals surface area contributed by atoms with Crippen LogP contribution in [-0.2, 0) is 4.79 Å². The lowest BCUT2D eigenvalue weighted by Crippen LogP contribution is -2.77. The van der Waals surface area contributed by atoms with E-state index in [1.54, 1.807) is 0 Å². The highest BCUT2D eigenvalue weighted by Gasteiger charge is 2.39. The van der Waals surface area contributed by atoms with Gasteiger partial charge in [0, 0.05) is 12.8 Å². The summed E-state index contributed by atoms with van der Waals surface area (Å²) in [4.78, 5) is 10.6. The maximum Gasteiger partial charge on any atom is 0.365 e. The smallest absolute Gasteiger partial charge is 0.365 e. The number of carbonyl (C=O) groups is 1. The minimum atomic E-state index is -0.729. The number of carboxylic acids is 1. The van der Waals surface area contributed by atoms with Crippen LogP contribution >= 0.6 is 0 Å². The maximum absolute atomic E-state index is 10.6. The Hall–Kier alpha value is -0.570. The lowest BCUT2D eigenvalue weighted by atomic mass is 9.83. The summed E-state index contributed by atoms with van der Waals surface area (Å²) >= 11 is 0. The Bertz CT molecular complexity index is 139. The molecule has 1 saturated carbocycles. The van der Waals surface area contributed by atoms with Crippen LogP contribution in [0.3, 0.4) is 0 Å². The number of quaternary nitrogens is 1. The van der Waals surface area contributed by atoms with Crippen LogP contribution in [0.1, 0.15) is 32.1 Å². The quantitative estimate of drug-likeness (QED) is 0.544. The normalized spacial score (nSPS) is 24.1. The molecular formula is C7H14NO2+. The second-order valence-corrected chi connectivity index (χ2v) is 3.15. The van der Waals surface area contributed by atoms with Gasteiger partial charge in [0.1, 0.15) is 0 Å². The standard InChI is InChI=1S/C7H13NO2/c8-7(6(9)10)4-2-1-3-5-7/h1-5,8H2,(H,9,10)/p+1. The average Bonchev–Trinajstić information content (AvgIpc) is 1.89. The van der Waals surface area contributed by atoms with Gasteiger partial charge in [-0.2, -0.15) is 0 Å². The summed E-state index contributed by atoms with van der Waals surface area (Å²) < 4.78 is 0. The second kappa shape index (κ2) is 2.58. The Morgan fingerprint density at radius 3 is 2.10 bits per heavy atom. The first-order valence-corrected chi connectivity index (χ1v) is 3.74. The van der Waals surface area contributed by atoms with Crippen molar-refractivity contribution in [2.45, 2.75) is 37.6 Å². The van der Waals surface area contributed by atoms with Gasteiger partial charge in [0.15, 0.2) is 5.54 Å². The summed E-state index contributed by atoms with van der Waals surface area (Å²) in [6.07, 6.45) is 4.72. The molecule has 0 aromatic carbocycles. The predicted octanol–water partition coefficient (Wildman–Crippen LogP) is 0.0158. The van der Waals surface area contributed by atoms with Gasteiger partial charge in [-0.3, -0.25) is 0 Å². The third kappa shape index (κ3) is 1.29. The van der Waals surface area contributed by atoms with Gasteiger partial charge in [-0.15, -0.1) is 0 Å². The molecule has 0 aromatic rings. The molecule has 0 atom stereocenters. The van der Waals surface area contributed by atoms with E-state index in [0.717, 1.165) is 25.7 Å². The van der Waals surface area contributed by atoms with E-state index >= 15 is 0 Å². The van der Waals surface area contributed by atoms with E-state index in [1.165, 1.54) is 6.42 Å². The molecular weight excluding hydrogens is 130 g/mol. The van der Waals surface area contributed by atoms with Crippen molar-refractivity contribution in [3.05, 3.63) is 0 Å². The molecule has 0 heterocycles. The predicted molar refractivity (Wildman–Crippen MR) is 36.3 cm³/mol. The Labute approximate surface area is 60.2 Å². The van der Waals surface area contributed by atoms with E-state index < -0.39 is 11.5 Å². The third-order valence-electron chi connectivity index (χ3n) is 2.26. The van der Waals surface area contributed by atoms with Crippen molar-refractivity contribution in [3.63, 3.8) is 0 Å². The van der Waals surface area contributed by atoms with Gasteiger partial charge in [-0.05, 0) is 12.8 Å². The number of carboxylic acid groups (broad SMARTS) is 1. The number of rotatable bonds is 1. The van der Waals surface area contributed by atoms with Gasteiger partial charge < -0.3 is 10.8 Å². The summed E-state index contributed by atoms with van der Waals surface area (Å²) in [5.74, 6) is -0.729. The Morgan fingerprint density at radius 2 is 1.80 bits per heavy atom. The van der Waals surface area contributed by atoms with Gasteiger partial charge in [-0.25, -0.2) is 4.79 Å². The van der Waals surface area contributed by atoms with E-state index in [-0.39, 0.29) is 0 Å². The van der Waals surface area contributed by atoms with Crippen molar-refractivity contribution in [2.75, 3.05) is 0 Å². The molecule has 1 aliphatic rings. The molecule has 1 fully saturated rings. The Kier molecular flexibility index (Phi) is 1.94. The first-order chi connectivity index (χ1) is 4.65. The van der Waals surface area contributed by atoms with E-state index in [2.05, 4.69) is 5.73 Å². The Morgan fingerprint density at radius 1 is 1.30 bits per heavy atom. The molecule has 0 saturated heterocycles. The molecule has 3 heteroatoms. The fourth-order valence-corrected chi connectivity index (χ4v) is 1.44. The van der Waals surface area contributed by atoms with Crippen LogP contribution in [0.4, 0.5) is 0 Å². The number of hydrogen-bond acceptors (Lipinski definition) is 1. The van der Waals surface area contributed by atoms with Gasteiger partial charge in [0.05, 0.1) is 0 Å². The summed E-state index contributed by atoms with van der Waals surface area (Å²) in [6.45, 7) is 0. The van der Waals surface area contributed by atoms with Crippen LogP contribution in [0.15, 0.2) is 0 Å². The van der Waals surface area contributed by atoms with Gasteiger partial charge in [0.2, 0.25) is 0 Å². The molecule has 0 aromatic heterocycles. The van der Waals surface area contributed by atoms with Crippen LogP contribution in [0.2, 0.25) is 0 Å². The summed E-state index contributed by atoms with van der Waals surface area (Å²) in [5, 5.41) is 8.74. The van der Waals surface area contributed by atoms with E-state index in [4.69, 9.17) is 5.11 Å². The first-order valence-electron chi connectivity index (χ1n) is 3.74.